The largest absolute Gasteiger partial charge is 0.391 e. The highest BCUT2D eigenvalue weighted by Crippen LogP contribution is 2.31. The molecule has 1 aliphatic heterocycles. The summed E-state index contributed by atoms with van der Waals surface area (Å²) in [6.07, 6.45) is 9.56. The molecule has 2 aliphatic rings. The highest BCUT2D eigenvalue weighted by molar-refractivity contribution is 4.90. The smallest absolute Gasteiger partial charge is 0.0695 e. The van der Waals surface area contributed by atoms with E-state index in [2.05, 4.69) is 11.8 Å². The van der Waals surface area contributed by atoms with Crippen molar-refractivity contribution in [3.8, 4) is 0 Å². The van der Waals surface area contributed by atoms with Gasteiger partial charge in [0.2, 0.25) is 0 Å². The Morgan fingerprint density at radius 3 is 2.67 bits per heavy atom. The third-order valence-electron chi connectivity index (χ3n) is 5.09. The molecule has 3 heteroatoms. The number of aliphatic hydroxyl groups excluding tert-OH is 1. The second-order valence-electron chi connectivity index (χ2n) is 6.20. The lowest BCUT2D eigenvalue weighted by molar-refractivity contribution is -0.00531. The molecular weight excluding hydrogens is 224 g/mol. The molecule has 0 radical (unpaired) electrons. The molecular formula is C15H30N2O. The Hall–Kier alpha value is -0.120. The predicted octanol–water partition coefficient (Wildman–Crippen LogP) is 2.13. The zero-order valence-electron chi connectivity index (χ0n) is 11.9. The summed E-state index contributed by atoms with van der Waals surface area (Å²) >= 11 is 0. The number of likely N-dealkylation sites (tertiary alicyclic amines) is 1. The molecule has 3 N–H and O–H groups in total. The van der Waals surface area contributed by atoms with Crippen LogP contribution in [0.4, 0.5) is 0 Å². The number of nitrogens with zero attached hydrogens (tertiary/aromatic N) is 1. The maximum Gasteiger partial charge on any atom is 0.0695 e. The van der Waals surface area contributed by atoms with Gasteiger partial charge in [0.1, 0.15) is 0 Å². The van der Waals surface area contributed by atoms with E-state index in [4.69, 9.17) is 5.73 Å². The van der Waals surface area contributed by atoms with E-state index < -0.39 is 0 Å². The van der Waals surface area contributed by atoms with Crippen molar-refractivity contribution in [1.82, 2.24) is 4.90 Å². The van der Waals surface area contributed by atoms with Crippen LogP contribution in [0.5, 0.6) is 0 Å². The van der Waals surface area contributed by atoms with Crippen LogP contribution >= 0.6 is 0 Å². The summed E-state index contributed by atoms with van der Waals surface area (Å²) < 4.78 is 0. The van der Waals surface area contributed by atoms with E-state index in [1.807, 2.05) is 0 Å². The minimum atomic E-state index is -0.125. The van der Waals surface area contributed by atoms with E-state index in [1.165, 1.54) is 38.5 Å². The molecule has 0 bridgehead atoms. The Morgan fingerprint density at radius 1 is 1.17 bits per heavy atom. The minimum Gasteiger partial charge on any atom is -0.391 e. The van der Waals surface area contributed by atoms with Crippen molar-refractivity contribution in [1.29, 1.82) is 0 Å². The topological polar surface area (TPSA) is 49.5 Å². The highest BCUT2D eigenvalue weighted by Gasteiger charge is 2.35. The van der Waals surface area contributed by atoms with Crippen molar-refractivity contribution in [3.05, 3.63) is 0 Å². The van der Waals surface area contributed by atoms with Crippen LogP contribution in [0, 0.1) is 5.92 Å². The fourth-order valence-corrected chi connectivity index (χ4v) is 3.85. The molecule has 0 aromatic rings. The predicted molar refractivity (Wildman–Crippen MR) is 75.4 cm³/mol. The van der Waals surface area contributed by atoms with Gasteiger partial charge < -0.3 is 10.8 Å². The van der Waals surface area contributed by atoms with Crippen LogP contribution in [-0.2, 0) is 0 Å². The minimum absolute atomic E-state index is 0.125. The molecule has 3 nitrogen and oxygen atoms in total. The van der Waals surface area contributed by atoms with Crippen molar-refractivity contribution in [3.63, 3.8) is 0 Å². The monoisotopic (exact) mass is 254 g/mol. The van der Waals surface area contributed by atoms with E-state index in [0.29, 0.717) is 12.1 Å². The van der Waals surface area contributed by atoms with Crippen LogP contribution in [0.15, 0.2) is 0 Å². The molecule has 0 aromatic heterocycles. The van der Waals surface area contributed by atoms with E-state index in [-0.39, 0.29) is 6.10 Å². The molecule has 0 amide bonds. The average molecular weight is 254 g/mol. The Bertz CT molecular complexity index is 247. The second-order valence-corrected chi connectivity index (χ2v) is 6.20. The third-order valence-corrected chi connectivity index (χ3v) is 5.09. The molecule has 1 saturated carbocycles. The van der Waals surface area contributed by atoms with E-state index in [9.17, 15) is 5.11 Å². The molecule has 1 aliphatic carbocycles. The summed E-state index contributed by atoms with van der Waals surface area (Å²) in [4.78, 5) is 2.54. The number of piperidine rings is 1. The number of nitrogens with two attached hydrogens (primary N) is 1. The molecule has 1 saturated heterocycles. The van der Waals surface area contributed by atoms with Crippen molar-refractivity contribution >= 4 is 0 Å². The first kappa shape index (κ1) is 14.3. The Labute approximate surface area is 112 Å². The summed E-state index contributed by atoms with van der Waals surface area (Å²) in [5, 5.41) is 10.4. The molecule has 18 heavy (non-hydrogen) atoms. The summed E-state index contributed by atoms with van der Waals surface area (Å²) in [7, 11) is 0. The van der Waals surface area contributed by atoms with Crippen molar-refractivity contribution < 1.29 is 5.11 Å². The summed E-state index contributed by atoms with van der Waals surface area (Å²) in [5.41, 5.74) is 5.98. The molecule has 0 aromatic carbocycles. The van der Waals surface area contributed by atoms with Crippen molar-refractivity contribution in [2.45, 2.75) is 76.5 Å². The quantitative estimate of drug-likeness (QED) is 0.759. The first-order valence-electron chi connectivity index (χ1n) is 7.90. The Balaban J connectivity index is 2.01. The molecule has 1 heterocycles. The average Bonchev–Trinajstić information content (AvgIpc) is 2.62. The van der Waals surface area contributed by atoms with Gasteiger partial charge in [-0.2, -0.15) is 0 Å². The lowest BCUT2D eigenvalue weighted by Crippen LogP contribution is -2.54. The standard InChI is InChI=1S/C15H30N2O/c1-2-12-8-9-17(13(10-12)11-16)14-6-4-3-5-7-15(14)18/h12-15,18H,2-11,16H2,1H3. The highest BCUT2D eigenvalue weighted by atomic mass is 16.3. The van der Waals surface area contributed by atoms with E-state index >= 15 is 0 Å². The van der Waals surface area contributed by atoms with Gasteiger partial charge >= 0.3 is 0 Å². The van der Waals surface area contributed by atoms with Crippen molar-refractivity contribution in [2.75, 3.05) is 13.1 Å². The molecule has 4 atom stereocenters. The zero-order valence-corrected chi connectivity index (χ0v) is 11.9. The fraction of sp³-hybridized carbons (Fsp3) is 1.00. The third kappa shape index (κ3) is 3.25. The maximum atomic E-state index is 10.4. The van der Waals surface area contributed by atoms with Gasteiger partial charge in [-0.25, -0.2) is 0 Å². The maximum absolute atomic E-state index is 10.4. The number of aliphatic hydroxyl groups is 1. The lowest BCUT2D eigenvalue weighted by Gasteiger charge is -2.44. The van der Waals surface area contributed by atoms with Gasteiger partial charge in [-0.1, -0.05) is 32.6 Å². The molecule has 0 spiro atoms. The normalized spacial score (nSPS) is 39.5. The van der Waals surface area contributed by atoms with Gasteiger partial charge in [0, 0.05) is 18.6 Å². The SMILES string of the molecule is CCC1CCN(C2CCCCCC2O)C(CN)C1. The first-order chi connectivity index (χ1) is 8.76. The van der Waals surface area contributed by atoms with Crippen LogP contribution in [-0.4, -0.2) is 41.3 Å². The summed E-state index contributed by atoms with van der Waals surface area (Å²) in [5.74, 6) is 0.845. The fourth-order valence-electron chi connectivity index (χ4n) is 3.85. The number of rotatable bonds is 3. The molecule has 2 fully saturated rings. The molecule has 106 valence electrons. The number of hydrogen-bond acceptors (Lipinski definition) is 3. The zero-order chi connectivity index (χ0) is 13.0. The Kier molecular flexibility index (Phi) is 5.46. The van der Waals surface area contributed by atoms with Gasteiger partial charge in [-0.05, 0) is 38.1 Å². The molecule has 2 rings (SSSR count). The van der Waals surface area contributed by atoms with Gasteiger partial charge in [0.15, 0.2) is 0 Å². The van der Waals surface area contributed by atoms with Crippen LogP contribution in [0.3, 0.4) is 0 Å². The van der Waals surface area contributed by atoms with Crippen LogP contribution in [0.25, 0.3) is 0 Å². The van der Waals surface area contributed by atoms with Gasteiger partial charge in [-0.15, -0.1) is 0 Å². The summed E-state index contributed by atoms with van der Waals surface area (Å²) in [6.45, 7) is 4.18. The van der Waals surface area contributed by atoms with Gasteiger partial charge in [-0.3, -0.25) is 4.90 Å². The molecule has 4 unspecified atom stereocenters. The van der Waals surface area contributed by atoms with Crippen LogP contribution in [0.2, 0.25) is 0 Å². The van der Waals surface area contributed by atoms with Gasteiger partial charge in [0.25, 0.3) is 0 Å². The van der Waals surface area contributed by atoms with Crippen LogP contribution < -0.4 is 5.73 Å². The second kappa shape index (κ2) is 6.88. The van der Waals surface area contributed by atoms with Crippen molar-refractivity contribution in [2.24, 2.45) is 11.7 Å². The first-order valence-corrected chi connectivity index (χ1v) is 7.90. The van der Waals surface area contributed by atoms with E-state index in [0.717, 1.165) is 31.8 Å². The van der Waals surface area contributed by atoms with Gasteiger partial charge in [0.05, 0.1) is 6.10 Å². The van der Waals surface area contributed by atoms with E-state index in [1.54, 1.807) is 0 Å². The summed E-state index contributed by atoms with van der Waals surface area (Å²) in [6, 6.07) is 0.875. The number of hydrogen-bond donors (Lipinski definition) is 2. The van der Waals surface area contributed by atoms with Crippen LogP contribution in [0.1, 0.15) is 58.3 Å². The lowest BCUT2D eigenvalue weighted by atomic mass is 9.86. The Morgan fingerprint density at radius 2 is 1.94 bits per heavy atom.